The van der Waals surface area contributed by atoms with Crippen LogP contribution in [0.15, 0.2) is 48.7 Å². The molecule has 2 aromatic heterocycles. The van der Waals surface area contributed by atoms with Gasteiger partial charge in [-0.05, 0) is 42.9 Å². The second-order valence-corrected chi connectivity index (χ2v) is 7.90. The monoisotopic (exact) mass is 352 g/mol. The summed E-state index contributed by atoms with van der Waals surface area (Å²) in [6.45, 7) is 6.56. The van der Waals surface area contributed by atoms with Gasteiger partial charge in [0.1, 0.15) is 0 Å². The van der Waals surface area contributed by atoms with Crippen LogP contribution in [0, 0.1) is 0 Å². The number of hydrogen-bond donors (Lipinski definition) is 1. The maximum atomic E-state index is 4.40. The van der Waals surface area contributed by atoms with Gasteiger partial charge in [0, 0.05) is 56.0 Å². The Morgan fingerprint density at radius 3 is 2.64 bits per heavy atom. The molecule has 25 heavy (non-hydrogen) atoms. The fourth-order valence-electron chi connectivity index (χ4n) is 3.19. The van der Waals surface area contributed by atoms with Crippen LogP contribution >= 0.6 is 11.3 Å². The SMILES string of the molecule is CN1CCN(Cc2ccc(NCc3cc4ncccc4s3)cc2)CC1. The number of thiophene rings is 1. The van der Waals surface area contributed by atoms with Crippen molar-refractivity contribution in [3.05, 3.63) is 59.1 Å². The first-order chi connectivity index (χ1) is 12.3. The minimum atomic E-state index is 0.846. The number of benzene rings is 1. The highest BCUT2D eigenvalue weighted by molar-refractivity contribution is 7.19. The Hall–Kier alpha value is -1.95. The molecule has 1 fully saturated rings. The normalized spacial score (nSPS) is 16.4. The Morgan fingerprint density at radius 1 is 1.08 bits per heavy atom. The van der Waals surface area contributed by atoms with Crippen molar-refractivity contribution in [3.8, 4) is 0 Å². The first-order valence-electron chi connectivity index (χ1n) is 8.83. The molecule has 130 valence electrons. The van der Waals surface area contributed by atoms with Gasteiger partial charge in [-0.2, -0.15) is 0 Å². The average Bonchev–Trinajstić information content (AvgIpc) is 3.06. The molecule has 1 saturated heterocycles. The van der Waals surface area contributed by atoms with Crippen molar-refractivity contribution in [3.63, 3.8) is 0 Å². The molecule has 5 heteroatoms. The first kappa shape index (κ1) is 16.5. The number of hydrogen-bond acceptors (Lipinski definition) is 5. The van der Waals surface area contributed by atoms with E-state index < -0.39 is 0 Å². The van der Waals surface area contributed by atoms with Crippen LogP contribution in [0.5, 0.6) is 0 Å². The Balaban J connectivity index is 1.32. The summed E-state index contributed by atoms with van der Waals surface area (Å²) >= 11 is 1.81. The molecular formula is C20H24N4S. The highest BCUT2D eigenvalue weighted by Gasteiger charge is 2.13. The molecule has 3 aromatic rings. The molecule has 3 heterocycles. The summed E-state index contributed by atoms with van der Waals surface area (Å²) in [5, 5.41) is 3.52. The van der Waals surface area contributed by atoms with Gasteiger partial charge in [0.25, 0.3) is 0 Å². The summed E-state index contributed by atoms with van der Waals surface area (Å²) in [6, 6.07) is 15.2. The number of nitrogens with one attached hydrogen (secondary N) is 1. The Bertz CT molecular complexity index is 786. The maximum absolute atomic E-state index is 4.40. The van der Waals surface area contributed by atoms with E-state index in [1.165, 1.54) is 33.9 Å². The highest BCUT2D eigenvalue weighted by Crippen LogP contribution is 2.24. The van der Waals surface area contributed by atoms with E-state index in [9.17, 15) is 0 Å². The van der Waals surface area contributed by atoms with Gasteiger partial charge in [0.05, 0.1) is 10.2 Å². The summed E-state index contributed by atoms with van der Waals surface area (Å²) in [4.78, 5) is 10.6. The number of fused-ring (bicyclic) bond motifs is 1. The lowest BCUT2D eigenvalue weighted by atomic mass is 10.2. The lowest BCUT2D eigenvalue weighted by molar-refractivity contribution is 0.148. The maximum Gasteiger partial charge on any atom is 0.0813 e. The smallest absolute Gasteiger partial charge is 0.0813 e. The third-order valence-corrected chi connectivity index (χ3v) is 5.85. The summed E-state index contributed by atoms with van der Waals surface area (Å²) < 4.78 is 1.25. The Labute approximate surface area is 153 Å². The number of rotatable bonds is 5. The van der Waals surface area contributed by atoms with E-state index in [4.69, 9.17) is 0 Å². The quantitative estimate of drug-likeness (QED) is 0.759. The number of pyridine rings is 1. The van der Waals surface area contributed by atoms with Crippen molar-refractivity contribution < 1.29 is 0 Å². The van der Waals surface area contributed by atoms with Crippen molar-refractivity contribution in [1.82, 2.24) is 14.8 Å². The van der Waals surface area contributed by atoms with Crippen molar-refractivity contribution >= 4 is 27.2 Å². The lowest BCUT2D eigenvalue weighted by Crippen LogP contribution is -2.43. The van der Waals surface area contributed by atoms with Gasteiger partial charge in [-0.15, -0.1) is 11.3 Å². The summed E-state index contributed by atoms with van der Waals surface area (Å²) in [7, 11) is 2.20. The third kappa shape index (κ3) is 4.18. The summed E-state index contributed by atoms with van der Waals surface area (Å²) in [5.74, 6) is 0. The van der Waals surface area contributed by atoms with Gasteiger partial charge in [-0.3, -0.25) is 9.88 Å². The second-order valence-electron chi connectivity index (χ2n) is 6.73. The fraction of sp³-hybridized carbons (Fsp3) is 0.350. The van der Waals surface area contributed by atoms with Gasteiger partial charge in [0.2, 0.25) is 0 Å². The topological polar surface area (TPSA) is 31.4 Å². The molecule has 4 nitrogen and oxygen atoms in total. The van der Waals surface area contributed by atoms with Crippen molar-refractivity contribution in [2.24, 2.45) is 0 Å². The molecule has 0 atom stereocenters. The molecule has 0 spiro atoms. The van der Waals surface area contributed by atoms with E-state index in [1.807, 2.05) is 23.6 Å². The van der Waals surface area contributed by atoms with Crippen LogP contribution in [0.4, 0.5) is 5.69 Å². The van der Waals surface area contributed by atoms with Crippen LogP contribution < -0.4 is 5.32 Å². The molecule has 1 N–H and O–H groups in total. The molecule has 0 aliphatic carbocycles. The van der Waals surface area contributed by atoms with Crippen molar-refractivity contribution in [2.45, 2.75) is 13.1 Å². The third-order valence-electron chi connectivity index (χ3n) is 4.76. The fourth-order valence-corrected chi connectivity index (χ4v) is 4.15. The van der Waals surface area contributed by atoms with Crippen LogP contribution in [0.25, 0.3) is 10.2 Å². The van der Waals surface area contributed by atoms with E-state index >= 15 is 0 Å². The molecular weight excluding hydrogens is 328 g/mol. The number of likely N-dealkylation sites (N-methyl/N-ethyl adjacent to an activating group) is 1. The van der Waals surface area contributed by atoms with Crippen LogP contribution in [-0.4, -0.2) is 48.0 Å². The van der Waals surface area contributed by atoms with Gasteiger partial charge in [-0.1, -0.05) is 12.1 Å². The first-order valence-corrected chi connectivity index (χ1v) is 9.65. The second kappa shape index (κ2) is 7.52. The van der Waals surface area contributed by atoms with E-state index in [0.29, 0.717) is 0 Å². The Morgan fingerprint density at radius 2 is 1.88 bits per heavy atom. The largest absolute Gasteiger partial charge is 0.380 e. The predicted molar refractivity (Wildman–Crippen MR) is 106 cm³/mol. The summed E-state index contributed by atoms with van der Waals surface area (Å²) in [5.41, 5.74) is 3.65. The van der Waals surface area contributed by atoms with Crippen LogP contribution in [0.2, 0.25) is 0 Å². The van der Waals surface area contributed by atoms with E-state index in [2.05, 4.69) is 63.5 Å². The minimum Gasteiger partial charge on any atom is -0.380 e. The molecule has 0 bridgehead atoms. The zero-order valence-corrected chi connectivity index (χ0v) is 15.4. The zero-order chi connectivity index (χ0) is 17.1. The average molecular weight is 353 g/mol. The minimum absolute atomic E-state index is 0.846. The van der Waals surface area contributed by atoms with Crippen molar-refractivity contribution in [1.29, 1.82) is 0 Å². The molecule has 0 unspecified atom stereocenters. The number of nitrogens with zero attached hydrogens (tertiary/aromatic N) is 3. The van der Waals surface area contributed by atoms with Crippen LogP contribution in [-0.2, 0) is 13.1 Å². The summed E-state index contributed by atoms with van der Waals surface area (Å²) in [6.07, 6.45) is 1.85. The van der Waals surface area contributed by atoms with Crippen LogP contribution in [0.1, 0.15) is 10.4 Å². The molecule has 0 amide bonds. The number of aromatic nitrogens is 1. The molecule has 0 saturated carbocycles. The molecule has 4 rings (SSSR count). The van der Waals surface area contributed by atoms with Gasteiger partial charge < -0.3 is 10.2 Å². The molecule has 1 aliphatic rings. The van der Waals surface area contributed by atoms with E-state index in [0.717, 1.165) is 31.7 Å². The van der Waals surface area contributed by atoms with Gasteiger partial charge >= 0.3 is 0 Å². The van der Waals surface area contributed by atoms with Crippen LogP contribution in [0.3, 0.4) is 0 Å². The van der Waals surface area contributed by atoms with Crippen molar-refractivity contribution in [2.75, 3.05) is 38.5 Å². The number of piperazine rings is 1. The van der Waals surface area contributed by atoms with E-state index in [-0.39, 0.29) is 0 Å². The highest BCUT2D eigenvalue weighted by atomic mass is 32.1. The lowest BCUT2D eigenvalue weighted by Gasteiger charge is -2.32. The predicted octanol–water partition coefficient (Wildman–Crippen LogP) is 3.66. The van der Waals surface area contributed by atoms with Gasteiger partial charge in [-0.25, -0.2) is 0 Å². The van der Waals surface area contributed by atoms with Gasteiger partial charge in [0.15, 0.2) is 0 Å². The zero-order valence-electron chi connectivity index (χ0n) is 14.6. The molecule has 1 aliphatic heterocycles. The number of anilines is 1. The van der Waals surface area contributed by atoms with E-state index in [1.54, 1.807) is 0 Å². The molecule has 0 radical (unpaired) electrons. The molecule has 1 aromatic carbocycles. The standard InChI is InChI=1S/C20H24N4S/c1-23-9-11-24(12-10-23)15-16-4-6-17(7-5-16)22-14-18-13-19-20(25-18)3-2-8-21-19/h2-8,13,22H,9-12,14-15H2,1H3. The Kier molecular flexibility index (Phi) is 4.97.